The number of benzene rings is 2. The van der Waals surface area contributed by atoms with E-state index in [1.165, 1.54) is 18.0 Å². The molecule has 0 aromatic heterocycles. The molecule has 206 valence electrons. The molecular formula is C32H42N6O. The summed E-state index contributed by atoms with van der Waals surface area (Å²) >= 11 is 0. The Kier molecular flexibility index (Phi) is 13.7. The van der Waals surface area contributed by atoms with Crippen LogP contribution in [0.2, 0.25) is 0 Å². The highest BCUT2D eigenvalue weighted by molar-refractivity contribution is 6.12. The second-order valence-corrected chi connectivity index (χ2v) is 9.95. The predicted octanol–water partition coefficient (Wildman–Crippen LogP) is 5.67. The van der Waals surface area contributed by atoms with Crippen LogP contribution >= 0.6 is 0 Å². The molecule has 1 amide bonds. The molecule has 0 saturated heterocycles. The van der Waals surface area contributed by atoms with E-state index in [4.69, 9.17) is 16.9 Å². The van der Waals surface area contributed by atoms with Crippen molar-refractivity contribution in [1.29, 1.82) is 10.7 Å². The number of carbonyl (C=O) groups excluding carboxylic acids is 1. The zero-order valence-electron chi connectivity index (χ0n) is 24.0. The summed E-state index contributed by atoms with van der Waals surface area (Å²) in [5, 5.41) is 19.4. The average molecular weight is 527 g/mol. The summed E-state index contributed by atoms with van der Waals surface area (Å²) in [4.78, 5) is 16.6. The largest absolute Gasteiger partial charge is 0.404 e. The fourth-order valence-corrected chi connectivity index (χ4v) is 3.05. The molecule has 2 aromatic rings. The van der Waals surface area contributed by atoms with Gasteiger partial charge in [-0.25, -0.2) is 0 Å². The summed E-state index contributed by atoms with van der Waals surface area (Å²) in [5.41, 5.74) is 15.5. The Morgan fingerprint density at radius 1 is 1.13 bits per heavy atom. The van der Waals surface area contributed by atoms with E-state index in [0.29, 0.717) is 24.6 Å². The number of carbonyl (C=O) groups is 1. The number of nitrogens with zero attached hydrogens (tertiary/aromatic N) is 2. The van der Waals surface area contributed by atoms with Crippen LogP contribution in [0.25, 0.3) is 0 Å². The van der Waals surface area contributed by atoms with Gasteiger partial charge in [-0.05, 0) is 50.3 Å². The Balaban J connectivity index is 0.000000724. The molecule has 0 heterocycles. The summed E-state index contributed by atoms with van der Waals surface area (Å²) in [5.74, 6) is 0.335. The van der Waals surface area contributed by atoms with Crippen LogP contribution in [0, 0.1) is 22.7 Å². The second kappa shape index (κ2) is 16.4. The van der Waals surface area contributed by atoms with Crippen molar-refractivity contribution in [2.45, 2.75) is 60.0 Å². The van der Waals surface area contributed by atoms with Crippen molar-refractivity contribution in [3.8, 4) is 6.07 Å². The third-order valence-electron chi connectivity index (χ3n) is 5.82. The van der Waals surface area contributed by atoms with Crippen LogP contribution in [0.5, 0.6) is 0 Å². The van der Waals surface area contributed by atoms with Crippen LogP contribution in [0.1, 0.15) is 63.8 Å². The lowest BCUT2D eigenvalue weighted by Gasteiger charge is -2.15. The minimum atomic E-state index is -0.540. The lowest BCUT2D eigenvalue weighted by Crippen LogP contribution is -2.25. The van der Waals surface area contributed by atoms with Gasteiger partial charge in [0.1, 0.15) is 5.84 Å². The molecule has 0 bridgehead atoms. The third kappa shape index (κ3) is 12.1. The number of hydrogen-bond acceptors (Lipinski definition) is 5. The number of amidine groups is 1. The highest BCUT2D eigenvalue weighted by Gasteiger charge is 2.19. The van der Waals surface area contributed by atoms with Crippen molar-refractivity contribution in [2.24, 2.45) is 22.4 Å². The number of nitrogen functional groups attached to an aromatic ring is 1. The van der Waals surface area contributed by atoms with E-state index in [0.717, 1.165) is 16.7 Å². The van der Waals surface area contributed by atoms with E-state index in [9.17, 15) is 10.1 Å². The lowest BCUT2D eigenvalue weighted by atomic mass is 9.86. The Labute approximate surface area is 233 Å². The molecule has 0 aliphatic heterocycles. The number of amides is 1. The zero-order chi connectivity index (χ0) is 29.4. The number of rotatable bonds is 10. The third-order valence-corrected chi connectivity index (χ3v) is 5.82. The van der Waals surface area contributed by atoms with Gasteiger partial charge in [-0.3, -0.25) is 15.2 Å². The summed E-state index contributed by atoms with van der Waals surface area (Å²) in [6.07, 6.45) is 9.14. The van der Waals surface area contributed by atoms with Crippen molar-refractivity contribution < 1.29 is 4.79 Å². The first-order valence-corrected chi connectivity index (χ1v) is 12.9. The first-order chi connectivity index (χ1) is 18.4. The van der Waals surface area contributed by atoms with E-state index in [-0.39, 0.29) is 17.3 Å². The Morgan fingerprint density at radius 2 is 1.72 bits per heavy atom. The average Bonchev–Trinajstić information content (AvgIpc) is 2.93. The van der Waals surface area contributed by atoms with Crippen LogP contribution in [0.4, 0.5) is 0 Å². The Hall–Kier alpha value is -4.44. The normalized spacial score (nSPS) is 12.3. The summed E-state index contributed by atoms with van der Waals surface area (Å²) in [6, 6.07) is 17.0. The van der Waals surface area contributed by atoms with Gasteiger partial charge in [-0.15, -0.1) is 0 Å². The number of nitrogens with one attached hydrogen (secondary N) is 2. The Morgan fingerprint density at radius 3 is 2.21 bits per heavy atom. The van der Waals surface area contributed by atoms with Gasteiger partial charge in [-0.1, -0.05) is 86.2 Å². The van der Waals surface area contributed by atoms with E-state index >= 15 is 0 Å². The van der Waals surface area contributed by atoms with Gasteiger partial charge in [0.15, 0.2) is 0 Å². The number of nitriles is 1. The van der Waals surface area contributed by atoms with Crippen molar-refractivity contribution in [2.75, 3.05) is 0 Å². The first kappa shape index (κ1) is 32.6. The maximum atomic E-state index is 12.3. The van der Waals surface area contributed by atoms with Crippen molar-refractivity contribution >= 4 is 18.0 Å². The Bertz CT molecular complexity index is 1240. The molecule has 0 saturated carbocycles. The van der Waals surface area contributed by atoms with E-state index in [1.54, 1.807) is 24.3 Å². The van der Waals surface area contributed by atoms with Gasteiger partial charge in [-0.2, -0.15) is 5.26 Å². The molecule has 0 aliphatic carbocycles. The van der Waals surface area contributed by atoms with E-state index < -0.39 is 5.41 Å². The molecule has 0 unspecified atom stereocenters. The fourth-order valence-electron chi connectivity index (χ4n) is 3.05. The number of allylic oxidation sites excluding steroid dienone is 4. The highest BCUT2D eigenvalue weighted by Crippen LogP contribution is 2.22. The molecule has 0 fully saturated rings. The van der Waals surface area contributed by atoms with Gasteiger partial charge in [0, 0.05) is 24.5 Å². The maximum absolute atomic E-state index is 12.3. The minimum Gasteiger partial charge on any atom is -0.404 e. The van der Waals surface area contributed by atoms with Crippen LogP contribution in [-0.2, 0) is 23.3 Å². The molecule has 0 atom stereocenters. The zero-order valence-corrected chi connectivity index (χ0v) is 24.0. The fraction of sp³-hybridized carbons (Fsp3) is 0.312. The van der Waals surface area contributed by atoms with Crippen molar-refractivity contribution in [3.63, 3.8) is 0 Å². The van der Waals surface area contributed by atoms with E-state index in [2.05, 4.69) is 62.3 Å². The van der Waals surface area contributed by atoms with Gasteiger partial charge in [0.05, 0.1) is 23.6 Å². The summed E-state index contributed by atoms with van der Waals surface area (Å²) < 4.78 is 0. The lowest BCUT2D eigenvalue weighted by molar-refractivity contribution is -0.117. The quantitative estimate of drug-likeness (QED) is 0.137. The molecular weight excluding hydrogens is 484 g/mol. The van der Waals surface area contributed by atoms with E-state index in [1.807, 2.05) is 38.1 Å². The van der Waals surface area contributed by atoms with Crippen LogP contribution < -0.4 is 16.8 Å². The van der Waals surface area contributed by atoms with Crippen LogP contribution in [0.3, 0.4) is 0 Å². The summed E-state index contributed by atoms with van der Waals surface area (Å²) in [6.45, 7) is 13.0. The molecule has 0 aliphatic rings. The molecule has 7 nitrogen and oxygen atoms in total. The molecule has 39 heavy (non-hydrogen) atoms. The monoisotopic (exact) mass is 526 g/mol. The topological polar surface area (TPSA) is 141 Å². The maximum Gasteiger partial charge on any atom is 0.254 e. The smallest absolute Gasteiger partial charge is 0.254 e. The number of aliphatic imine (C=N–C) groups is 1. The molecule has 2 rings (SSSR count). The molecule has 2 aromatic carbocycles. The predicted molar refractivity (Wildman–Crippen MR) is 162 cm³/mol. The number of nitrogens with two attached hydrogens (primary N) is 2. The first-order valence-electron chi connectivity index (χ1n) is 12.9. The minimum absolute atomic E-state index is 0.00133. The van der Waals surface area contributed by atoms with Gasteiger partial charge < -0.3 is 16.8 Å². The van der Waals surface area contributed by atoms with Crippen LogP contribution in [-0.4, -0.2) is 18.0 Å². The van der Waals surface area contributed by atoms with Crippen LogP contribution in [0.15, 0.2) is 89.1 Å². The van der Waals surface area contributed by atoms with Gasteiger partial charge in [0.25, 0.3) is 5.91 Å². The van der Waals surface area contributed by atoms with Crippen molar-refractivity contribution in [1.82, 2.24) is 5.32 Å². The standard InChI is InChI=1S/C23H26N6O.C9H16/c1-23(2,15-25)20-9-5-16(6-10-20)12-28-14-19(11-24)22(30)29-13-17-3-7-18(8-4-17)21(26)27;1-5-9(4)7-6-8(2)3/h3-11,14H,12-13,24H2,1-2H3,(H3,26,27)(H,29,30);5-8H,1-4H3/b19-11+,28-14?;7-6-,9-5-. The highest BCUT2D eigenvalue weighted by atomic mass is 16.1. The SMILES string of the molecule is C/C=C(C)\C=C/C(C)C.CC(C)(C#N)c1ccc(CN=C/C(=C\N)C(=O)NCc2ccc(C(=N)N)cc2)cc1. The molecule has 6 N–H and O–H groups in total. The van der Waals surface area contributed by atoms with Gasteiger partial charge in [0.2, 0.25) is 0 Å². The second-order valence-electron chi connectivity index (χ2n) is 9.95. The molecule has 0 spiro atoms. The van der Waals surface area contributed by atoms with Gasteiger partial charge >= 0.3 is 0 Å². The molecule has 7 heteroatoms. The summed E-state index contributed by atoms with van der Waals surface area (Å²) in [7, 11) is 0. The number of hydrogen-bond donors (Lipinski definition) is 4. The van der Waals surface area contributed by atoms with Crippen molar-refractivity contribution in [3.05, 3.63) is 106 Å². The molecule has 0 radical (unpaired) electrons.